The van der Waals surface area contributed by atoms with Gasteiger partial charge in [-0.05, 0) is 12.1 Å². The van der Waals surface area contributed by atoms with Gasteiger partial charge in [0.1, 0.15) is 12.9 Å². The van der Waals surface area contributed by atoms with Gasteiger partial charge in [-0.3, -0.25) is 4.79 Å². The van der Waals surface area contributed by atoms with E-state index in [4.69, 9.17) is 27.9 Å². The second-order valence-corrected chi connectivity index (χ2v) is 3.35. The number of ether oxygens (including phenoxy) is 1. The maximum absolute atomic E-state index is 10.5. The number of rotatable bonds is 4. The molecular weight excluding hydrogens is 223 g/mol. The van der Waals surface area contributed by atoms with Gasteiger partial charge in [0, 0.05) is 5.56 Å². The lowest BCUT2D eigenvalue weighted by molar-refractivity contribution is 0.112. The fourth-order valence-electron chi connectivity index (χ4n) is 0.928. The van der Waals surface area contributed by atoms with Gasteiger partial charge >= 0.3 is 0 Å². The molecule has 1 rings (SSSR count). The maximum Gasteiger partial charge on any atom is 0.156 e. The van der Waals surface area contributed by atoms with Gasteiger partial charge in [-0.1, -0.05) is 35.9 Å². The van der Waals surface area contributed by atoms with E-state index >= 15 is 0 Å². The molecule has 0 saturated heterocycles. The summed E-state index contributed by atoms with van der Waals surface area (Å²) in [5.74, 6) is 0.374. The van der Waals surface area contributed by atoms with Crippen LogP contribution in [0.2, 0.25) is 10.0 Å². The van der Waals surface area contributed by atoms with Crippen molar-refractivity contribution in [1.29, 1.82) is 0 Å². The normalized spacial score (nSPS) is 9.57. The van der Waals surface area contributed by atoms with Crippen LogP contribution in [0.1, 0.15) is 10.4 Å². The van der Waals surface area contributed by atoms with Gasteiger partial charge in [0.15, 0.2) is 5.75 Å². The summed E-state index contributed by atoms with van der Waals surface area (Å²) in [6.07, 6.45) is 2.26. The molecule has 0 aliphatic carbocycles. The SMILES string of the molecule is C=CCOc1c(Cl)cc(C=O)cc1Cl. The zero-order valence-electron chi connectivity index (χ0n) is 7.30. The molecule has 14 heavy (non-hydrogen) atoms. The third-order valence-corrected chi connectivity index (χ3v) is 2.06. The molecule has 0 heterocycles. The molecule has 1 aromatic carbocycles. The molecule has 0 aliphatic heterocycles. The Bertz CT molecular complexity index is 338. The first kappa shape index (κ1) is 11.1. The van der Waals surface area contributed by atoms with E-state index in [0.717, 1.165) is 0 Å². The summed E-state index contributed by atoms with van der Waals surface area (Å²) >= 11 is 11.7. The van der Waals surface area contributed by atoms with E-state index in [1.54, 1.807) is 6.08 Å². The molecule has 0 radical (unpaired) electrons. The highest BCUT2D eigenvalue weighted by Crippen LogP contribution is 2.33. The van der Waals surface area contributed by atoms with Crippen LogP contribution in [-0.4, -0.2) is 12.9 Å². The van der Waals surface area contributed by atoms with E-state index in [2.05, 4.69) is 6.58 Å². The Labute approximate surface area is 92.1 Å². The Morgan fingerprint density at radius 3 is 2.36 bits per heavy atom. The summed E-state index contributed by atoms with van der Waals surface area (Å²) in [7, 11) is 0. The van der Waals surface area contributed by atoms with Crippen LogP contribution in [0, 0.1) is 0 Å². The van der Waals surface area contributed by atoms with Crippen LogP contribution >= 0.6 is 23.2 Å². The summed E-state index contributed by atoms with van der Waals surface area (Å²) < 4.78 is 5.22. The molecule has 0 aromatic heterocycles. The number of carbonyl (C=O) groups is 1. The standard InChI is InChI=1S/C10H8Cl2O2/c1-2-3-14-10-8(11)4-7(6-13)5-9(10)12/h2,4-6H,1,3H2. The van der Waals surface area contributed by atoms with Gasteiger partial charge in [-0.25, -0.2) is 0 Å². The van der Waals surface area contributed by atoms with Gasteiger partial charge in [0.05, 0.1) is 10.0 Å². The minimum absolute atomic E-state index is 0.319. The Kier molecular flexibility index (Phi) is 3.98. The molecule has 74 valence electrons. The van der Waals surface area contributed by atoms with Crippen LogP contribution in [0.15, 0.2) is 24.8 Å². The predicted octanol–water partition coefficient (Wildman–Crippen LogP) is 3.37. The van der Waals surface area contributed by atoms with Crippen molar-refractivity contribution in [2.24, 2.45) is 0 Å². The molecule has 0 unspecified atom stereocenters. The Balaban J connectivity index is 3.04. The fraction of sp³-hybridized carbons (Fsp3) is 0.100. The lowest BCUT2D eigenvalue weighted by atomic mass is 10.2. The molecule has 1 aromatic rings. The molecule has 2 nitrogen and oxygen atoms in total. The van der Waals surface area contributed by atoms with Crippen molar-refractivity contribution in [3.63, 3.8) is 0 Å². The molecule has 0 amide bonds. The van der Waals surface area contributed by atoms with Crippen molar-refractivity contribution < 1.29 is 9.53 Å². The molecular formula is C10H8Cl2O2. The van der Waals surface area contributed by atoms with Crippen molar-refractivity contribution in [2.45, 2.75) is 0 Å². The zero-order valence-corrected chi connectivity index (χ0v) is 8.81. The Morgan fingerprint density at radius 1 is 1.36 bits per heavy atom. The minimum Gasteiger partial charge on any atom is -0.486 e. The molecule has 0 fully saturated rings. The first-order chi connectivity index (χ1) is 6.69. The van der Waals surface area contributed by atoms with E-state index in [1.807, 2.05) is 0 Å². The number of aldehydes is 1. The van der Waals surface area contributed by atoms with Crippen molar-refractivity contribution in [3.8, 4) is 5.75 Å². The minimum atomic E-state index is 0.319. The third kappa shape index (κ3) is 2.50. The van der Waals surface area contributed by atoms with Gasteiger partial charge in [0.2, 0.25) is 0 Å². The summed E-state index contributed by atoms with van der Waals surface area (Å²) in [6, 6.07) is 3.00. The Morgan fingerprint density at radius 2 is 1.93 bits per heavy atom. The molecule has 0 aliphatic rings. The summed E-state index contributed by atoms with van der Waals surface area (Å²) in [4.78, 5) is 10.5. The Hall–Kier alpha value is -0.990. The van der Waals surface area contributed by atoms with Crippen molar-refractivity contribution in [1.82, 2.24) is 0 Å². The predicted molar refractivity (Wildman–Crippen MR) is 57.5 cm³/mol. The highest BCUT2D eigenvalue weighted by molar-refractivity contribution is 6.37. The van der Waals surface area contributed by atoms with Crippen LogP contribution < -0.4 is 4.74 Å². The van der Waals surface area contributed by atoms with Gasteiger partial charge in [-0.2, -0.15) is 0 Å². The largest absolute Gasteiger partial charge is 0.486 e. The zero-order chi connectivity index (χ0) is 10.6. The van der Waals surface area contributed by atoms with Gasteiger partial charge in [0.25, 0.3) is 0 Å². The lowest BCUT2D eigenvalue weighted by Gasteiger charge is -2.08. The molecule has 0 saturated carbocycles. The van der Waals surface area contributed by atoms with Gasteiger partial charge in [-0.15, -0.1) is 0 Å². The van der Waals surface area contributed by atoms with Crippen LogP contribution in [-0.2, 0) is 0 Å². The first-order valence-corrected chi connectivity index (χ1v) is 4.62. The fourth-order valence-corrected chi connectivity index (χ4v) is 1.54. The van der Waals surface area contributed by atoms with E-state index in [0.29, 0.717) is 34.3 Å². The molecule has 0 N–H and O–H groups in total. The molecule has 4 heteroatoms. The van der Waals surface area contributed by atoms with Crippen LogP contribution in [0.5, 0.6) is 5.75 Å². The second-order valence-electron chi connectivity index (χ2n) is 2.53. The third-order valence-electron chi connectivity index (χ3n) is 1.50. The average Bonchev–Trinajstić information content (AvgIpc) is 2.16. The van der Waals surface area contributed by atoms with E-state index in [1.165, 1.54) is 12.1 Å². The van der Waals surface area contributed by atoms with Crippen LogP contribution in [0.25, 0.3) is 0 Å². The van der Waals surface area contributed by atoms with Crippen molar-refractivity contribution in [2.75, 3.05) is 6.61 Å². The maximum atomic E-state index is 10.5. The number of hydrogen-bond donors (Lipinski definition) is 0. The molecule has 0 spiro atoms. The number of hydrogen-bond acceptors (Lipinski definition) is 2. The lowest BCUT2D eigenvalue weighted by Crippen LogP contribution is -1.95. The highest BCUT2D eigenvalue weighted by atomic mass is 35.5. The van der Waals surface area contributed by atoms with Crippen LogP contribution in [0.3, 0.4) is 0 Å². The second kappa shape index (κ2) is 5.03. The van der Waals surface area contributed by atoms with Crippen molar-refractivity contribution >= 4 is 29.5 Å². The van der Waals surface area contributed by atoms with E-state index in [-0.39, 0.29) is 0 Å². The topological polar surface area (TPSA) is 26.3 Å². The smallest absolute Gasteiger partial charge is 0.156 e. The number of halogens is 2. The van der Waals surface area contributed by atoms with Crippen LogP contribution in [0.4, 0.5) is 0 Å². The monoisotopic (exact) mass is 230 g/mol. The summed E-state index contributed by atoms with van der Waals surface area (Å²) in [5, 5.41) is 0.642. The highest BCUT2D eigenvalue weighted by Gasteiger charge is 2.08. The quantitative estimate of drug-likeness (QED) is 0.586. The van der Waals surface area contributed by atoms with Crippen molar-refractivity contribution in [3.05, 3.63) is 40.4 Å². The van der Waals surface area contributed by atoms with E-state index < -0.39 is 0 Å². The van der Waals surface area contributed by atoms with E-state index in [9.17, 15) is 4.79 Å². The average molecular weight is 231 g/mol. The molecule has 0 bridgehead atoms. The first-order valence-electron chi connectivity index (χ1n) is 3.87. The molecule has 0 atom stereocenters. The summed E-state index contributed by atoms with van der Waals surface area (Å²) in [5.41, 5.74) is 0.422. The number of benzene rings is 1. The summed E-state index contributed by atoms with van der Waals surface area (Å²) in [6.45, 7) is 3.82. The van der Waals surface area contributed by atoms with Gasteiger partial charge < -0.3 is 4.74 Å². The number of carbonyl (C=O) groups excluding carboxylic acids is 1.